The van der Waals surface area contributed by atoms with Crippen molar-refractivity contribution in [3.05, 3.63) is 89.3 Å². The van der Waals surface area contributed by atoms with E-state index in [2.05, 4.69) is 6.08 Å². The maximum Gasteiger partial charge on any atom is 0.422 e. The largest absolute Gasteiger partial charge is 0.484 e. The van der Waals surface area contributed by atoms with Crippen LogP contribution in [0.25, 0.3) is 10.8 Å². The van der Waals surface area contributed by atoms with E-state index in [0.717, 1.165) is 29.4 Å². The average Bonchev–Trinajstić information content (AvgIpc) is 2.88. The molecule has 7 heteroatoms. The Morgan fingerprint density at radius 2 is 1.72 bits per heavy atom. The number of ether oxygens (including phenoxy) is 3. The second-order valence-electron chi connectivity index (χ2n) is 9.08. The Hall–Kier alpha value is -2.90. The van der Waals surface area contributed by atoms with Gasteiger partial charge in [-0.1, -0.05) is 48.6 Å². The van der Waals surface area contributed by atoms with Crippen molar-refractivity contribution < 1.29 is 31.8 Å². The molecule has 0 radical (unpaired) electrons. The third-order valence-corrected chi connectivity index (χ3v) is 6.28. The molecule has 0 spiro atoms. The average molecular weight is 503 g/mol. The van der Waals surface area contributed by atoms with Crippen LogP contribution in [-0.2, 0) is 22.3 Å². The Balaban J connectivity index is 1.35. The lowest BCUT2D eigenvalue weighted by Gasteiger charge is -2.29. The molecule has 3 aromatic rings. The smallest absolute Gasteiger partial charge is 0.422 e. The lowest BCUT2D eigenvalue weighted by atomic mass is 9.98. The number of rotatable bonds is 9. The summed E-state index contributed by atoms with van der Waals surface area (Å²) in [5.74, 6) is 0.263. The minimum atomic E-state index is -4.38. The van der Waals surface area contributed by atoms with Crippen molar-refractivity contribution in [1.82, 2.24) is 0 Å². The molecule has 1 aliphatic rings. The van der Waals surface area contributed by atoms with E-state index < -0.39 is 19.1 Å². The zero-order valence-corrected chi connectivity index (χ0v) is 20.2. The molecule has 0 unspecified atom stereocenters. The molecule has 36 heavy (non-hydrogen) atoms. The maximum atomic E-state index is 15.2. The quantitative estimate of drug-likeness (QED) is 0.221. The Labute approximate surface area is 208 Å². The summed E-state index contributed by atoms with van der Waals surface area (Å²) in [4.78, 5) is 0. The summed E-state index contributed by atoms with van der Waals surface area (Å²) in [5.41, 5.74) is 2.34. The molecule has 0 N–H and O–H groups in total. The molecular formula is C29H30F4O3. The second kappa shape index (κ2) is 11.9. The third kappa shape index (κ3) is 7.08. The van der Waals surface area contributed by atoms with Crippen LogP contribution in [0.15, 0.2) is 66.7 Å². The summed E-state index contributed by atoms with van der Waals surface area (Å²) in [6.07, 6.45) is 2.43. The zero-order valence-electron chi connectivity index (χ0n) is 20.2. The monoisotopic (exact) mass is 502 g/mol. The molecule has 1 saturated heterocycles. The van der Waals surface area contributed by atoms with E-state index in [4.69, 9.17) is 14.2 Å². The topological polar surface area (TPSA) is 27.7 Å². The number of hydrogen-bond donors (Lipinski definition) is 0. The van der Waals surface area contributed by atoms with E-state index in [0.29, 0.717) is 42.9 Å². The van der Waals surface area contributed by atoms with E-state index >= 15 is 4.39 Å². The zero-order chi connectivity index (χ0) is 25.5. The number of aryl methyl sites for hydroxylation is 2. The van der Waals surface area contributed by atoms with Crippen LogP contribution in [-0.4, -0.2) is 26.0 Å². The summed E-state index contributed by atoms with van der Waals surface area (Å²) in [6.45, 7) is 1.97. The van der Waals surface area contributed by atoms with Crippen molar-refractivity contribution in [3.63, 3.8) is 0 Å². The summed E-state index contributed by atoms with van der Waals surface area (Å²) < 4.78 is 68.7. The highest BCUT2D eigenvalue weighted by atomic mass is 19.4. The van der Waals surface area contributed by atoms with Crippen molar-refractivity contribution in [1.29, 1.82) is 0 Å². The van der Waals surface area contributed by atoms with Gasteiger partial charge < -0.3 is 14.2 Å². The first-order chi connectivity index (χ1) is 17.3. The lowest BCUT2D eigenvalue weighted by Crippen LogP contribution is -2.27. The van der Waals surface area contributed by atoms with Gasteiger partial charge in [-0.2, -0.15) is 13.2 Å². The van der Waals surface area contributed by atoms with Gasteiger partial charge in [-0.15, -0.1) is 0 Å². The van der Waals surface area contributed by atoms with Crippen LogP contribution < -0.4 is 4.74 Å². The fraction of sp³-hybridized carbons (Fsp3) is 0.379. The first-order valence-electron chi connectivity index (χ1n) is 12.2. The van der Waals surface area contributed by atoms with E-state index in [1.165, 1.54) is 12.1 Å². The van der Waals surface area contributed by atoms with Crippen LogP contribution in [0.3, 0.4) is 0 Å². The first kappa shape index (κ1) is 26.2. The fourth-order valence-electron chi connectivity index (χ4n) is 4.29. The van der Waals surface area contributed by atoms with E-state index in [-0.39, 0.29) is 11.6 Å². The van der Waals surface area contributed by atoms with Gasteiger partial charge in [0.25, 0.3) is 0 Å². The highest BCUT2D eigenvalue weighted by Crippen LogP contribution is 2.31. The molecule has 0 bridgehead atoms. The SMILES string of the molecule is C/C=C/CCC1COC(c2ccc3c(F)c(CCc4ccc(OCC(F)(F)F)cc4)ccc3c2)OC1. The van der Waals surface area contributed by atoms with Crippen LogP contribution in [0.4, 0.5) is 17.6 Å². The predicted octanol–water partition coefficient (Wildman–Crippen LogP) is 7.72. The van der Waals surface area contributed by atoms with Gasteiger partial charge in [-0.25, -0.2) is 4.39 Å². The molecule has 0 atom stereocenters. The van der Waals surface area contributed by atoms with Gasteiger partial charge in [-0.05, 0) is 67.3 Å². The minimum Gasteiger partial charge on any atom is -0.484 e. The Morgan fingerprint density at radius 1 is 0.972 bits per heavy atom. The normalized spacial score (nSPS) is 18.7. The Bertz CT molecular complexity index is 1160. The highest BCUT2D eigenvalue weighted by Gasteiger charge is 2.28. The van der Waals surface area contributed by atoms with Crippen LogP contribution in [0, 0.1) is 11.7 Å². The van der Waals surface area contributed by atoms with E-state index in [1.807, 2.05) is 31.2 Å². The van der Waals surface area contributed by atoms with Crippen molar-refractivity contribution in [3.8, 4) is 5.75 Å². The second-order valence-corrected chi connectivity index (χ2v) is 9.08. The van der Waals surface area contributed by atoms with Crippen LogP contribution in [0.2, 0.25) is 0 Å². The number of fused-ring (bicyclic) bond motifs is 1. The molecule has 1 fully saturated rings. The Morgan fingerprint density at radius 3 is 2.42 bits per heavy atom. The van der Waals surface area contributed by atoms with Crippen molar-refractivity contribution >= 4 is 10.8 Å². The predicted molar refractivity (Wildman–Crippen MR) is 131 cm³/mol. The molecule has 4 rings (SSSR count). The van der Waals surface area contributed by atoms with E-state index in [9.17, 15) is 13.2 Å². The molecule has 0 saturated carbocycles. The van der Waals surface area contributed by atoms with Gasteiger partial charge in [0.05, 0.1) is 13.2 Å². The molecule has 3 aromatic carbocycles. The summed E-state index contributed by atoms with van der Waals surface area (Å²) in [7, 11) is 0. The summed E-state index contributed by atoms with van der Waals surface area (Å²) >= 11 is 0. The van der Waals surface area contributed by atoms with Crippen LogP contribution >= 0.6 is 0 Å². The summed E-state index contributed by atoms with van der Waals surface area (Å²) in [5, 5.41) is 1.31. The van der Waals surface area contributed by atoms with Gasteiger partial charge in [0.1, 0.15) is 11.6 Å². The minimum absolute atomic E-state index is 0.152. The van der Waals surface area contributed by atoms with Gasteiger partial charge in [0.2, 0.25) is 0 Å². The molecule has 0 amide bonds. The van der Waals surface area contributed by atoms with Crippen molar-refractivity contribution in [2.75, 3.05) is 19.8 Å². The lowest BCUT2D eigenvalue weighted by molar-refractivity contribution is -0.205. The number of halogens is 4. The number of benzene rings is 3. The molecule has 0 aromatic heterocycles. The van der Waals surface area contributed by atoms with E-state index in [1.54, 1.807) is 24.3 Å². The van der Waals surface area contributed by atoms with Gasteiger partial charge in [-0.3, -0.25) is 0 Å². The molecule has 3 nitrogen and oxygen atoms in total. The van der Waals surface area contributed by atoms with Gasteiger partial charge in [0.15, 0.2) is 12.9 Å². The Kier molecular flexibility index (Phi) is 8.64. The fourth-order valence-corrected chi connectivity index (χ4v) is 4.29. The molecular weight excluding hydrogens is 472 g/mol. The molecule has 1 aliphatic heterocycles. The number of hydrogen-bond acceptors (Lipinski definition) is 3. The number of allylic oxidation sites excluding steroid dienone is 2. The van der Waals surface area contributed by atoms with Gasteiger partial charge in [0, 0.05) is 16.9 Å². The molecule has 1 heterocycles. The van der Waals surface area contributed by atoms with Crippen LogP contribution in [0.5, 0.6) is 5.75 Å². The third-order valence-electron chi connectivity index (χ3n) is 6.28. The van der Waals surface area contributed by atoms with Crippen molar-refractivity contribution in [2.45, 2.75) is 45.1 Å². The molecule has 0 aliphatic carbocycles. The maximum absolute atomic E-state index is 15.2. The molecule has 192 valence electrons. The standard InChI is InChI=1S/C29H30F4O3/c1-2-3-4-5-21-17-34-28(35-18-21)24-12-15-26-23(16-24)11-10-22(27(26)30)9-6-20-7-13-25(14-8-20)36-19-29(31,32)33/h2-3,7-8,10-16,21,28H,4-6,9,17-19H2,1H3/b3-2+. The first-order valence-corrected chi connectivity index (χ1v) is 12.2. The highest BCUT2D eigenvalue weighted by molar-refractivity contribution is 5.84. The van der Waals surface area contributed by atoms with Gasteiger partial charge >= 0.3 is 6.18 Å². The van der Waals surface area contributed by atoms with Crippen LogP contribution in [0.1, 0.15) is 42.7 Å². The number of alkyl halides is 3. The summed E-state index contributed by atoms with van der Waals surface area (Å²) in [6, 6.07) is 15.6. The van der Waals surface area contributed by atoms with Crippen molar-refractivity contribution in [2.24, 2.45) is 5.92 Å².